The number of carbonyl (C=O) groups excluding carboxylic acids is 1. The van der Waals surface area contributed by atoms with E-state index in [9.17, 15) is 4.79 Å². The van der Waals surface area contributed by atoms with Crippen molar-refractivity contribution in [1.82, 2.24) is 19.5 Å². The van der Waals surface area contributed by atoms with Crippen LogP contribution in [0.3, 0.4) is 0 Å². The van der Waals surface area contributed by atoms with Crippen LogP contribution in [0.5, 0.6) is 0 Å². The van der Waals surface area contributed by atoms with Gasteiger partial charge < -0.3 is 10.2 Å². The fourth-order valence-corrected chi connectivity index (χ4v) is 3.01. The van der Waals surface area contributed by atoms with Gasteiger partial charge in [-0.3, -0.25) is 4.79 Å². The van der Waals surface area contributed by atoms with Gasteiger partial charge in [0.25, 0.3) is 0 Å². The smallest absolute Gasteiger partial charge is 0.168 e. The molecule has 3 rings (SSSR count). The Kier molecular flexibility index (Phi) is 5.79. The molecule has 3 aromatic rings. The summed E-state index contributed by atoms with van der Waals surface area (Å²) >= 11 is 0. The van der Waals surface area contributed by atoms with Crippen LogP contribution >= 0.6 is 0 Å². The summed E-state index contributed by atoms with van der Waals surface area (Å²) < 4.78 is 1.77. The second-order valence-corrected chi connectivity index (χ2v) is 8.39. The van der Waals surface area contributed by atoms with E-state index in [0.717, 1.165) is 30.2 Å². The van der Waals surface area contributed by atoms with Crippen molar-refractivity contribution < 1.29 is 4.79 Å². The molecule has 0 atom stereocenters. The average Bonchev–Trinajstić information content (AvgIpc) is 3.09. The third kappa shape index (κ3) is 4.75. The molecule has 0 unspecified atom stereocenters. The molecule has 0 spiro atoms. The first-order valence-electron chi connectivity index (χ1n) is 9.60. The first kappa shape index (κ1) is 20.0. The molecule has 2 heterocycles. The van der Waals surface area contributed by atoms with Crippen LogP contribution in [0.25, 0.3) is 5.65 Å². The van der Waals surface area contributed by atoms with Gasteiger partial charge in [0.05, 0.1) is 18.3 Å². The molecule has 0 amide bonds. The number of benzene rings is 1. The van der Waals surface area contributed by atoms with Crippen LogP contribution < -0.4 is 5.32 Å². The Morgan fingerprint density at radius 2 is 1.86 bits per heavy atom. The van der Waals surface area contributed by atoms with Crippen molar-refractivity contribution in [3.8, 4) is 0 Å². The minimum atomic E-state index is 0.0658. The second-order valence-electron chi connectivity index (χ2n) is 8.39. The molecule has 6 nitrogen and oxygen atoms in total. The summed E-state index contributed by atoms with van der Waals surface area (Å²) in [6, 6.07) is 11.7. The Morgan fingerprint density at radius 1 is 1.14 bits per heavy atom. The molecule has 0 saturated heterocycles. The SMILES string of the molecule is CN(C)CCNc1cc(CC(=O)c2ccc(C(C)(C)C)cc2)nc2ccnn12. The number of Topliss-reactive ketones (excluding diaryl/α,β-unsaturated/α-hetero) is 1. The zero-order valence-corrected chi connectivity index (χ0v) is 17.4. The lowest BCUT2D eigenvalue weighted by molar-refractivity contribution is 0.0992. The number of anilines is 1. The quantitative estimate of drug-likeness (QED) is 0.637. The van der Waals surface area contributed by atoms with Crippen LogP contribution in [0.4, 0.5) is 5.82 Å². The Bertz CT molecular complexity index is 951. The van der Waals surface area contributed by atoms with Crippen molar-refractivity contribution in [2.75, 3.05) is 32.5 Å². The zero-order chi connectivity index (χ0) is 20.3. The Balaban J connectivity index is 1.78. The number of fused-ring (bicyclic) bond motifs is 1. The fraction of sp³-hybridized carbons (Fsp3) is 0.409. The highest BCUT2D eigenvalue weighted by Crippen LogP contribution is 2.22. The van der Waals surface area contributed by atoms with Crippen LogP contribution in [0.2, 0.25) is 0 Å². The molecule has 0 aliphatic carbocycles. The monoisotopic (exact) mass is 379 g/mol. The fourth-order valence-electron chi connectivity index (χ4n) is 3.01. The maximum Gasteiger partial charge on any atom is 0.168 e. The third-order valence-electron chi connectivity index (χ3n) is 4.69. The van der Waals surface area contributed by atoms with E-state index in [1.54, 1.807) is 10.7 Å². The van der Waals surface area contributed by atoms with Gasteiger partial charge >= 0.3 is 0 Å². The van der Waals surface area contributed by atoms with Crippen LogP contribution in [0.1, 0.15) is 42.4 Å². The highest BCUT2D eigenvalue weighted by molar-refractivity contribution is 5.97. The highest BCUT2D eigenvalue weighted by atomic mass is 16.1. The predicted molar refractivity (Wildman–Crippen MR) is 113 cm³/mol. The number of hydrogen-bond acceptors (Lipinski definition) is 5. The summed E-state index contributed by atoms with van der Waals surface area (Å²) in [6.07, 6.45) is 1.98. The van der Waals surface area contributed by atoms with E-state index in [1.165, 1.54) is 5.56 Å². The van der Waals surface area contributed by atoms with Gasteiger partial charge in [-0.1, -0.05) is 45.0 Å². The lowest BCUT2D eigenvalue weighted by Gasteiger charge is -2.19. The normalized spacial score (nSPS) is 11.9. The number of nitrogens with zero attached hydrogens (tertiary/aromatic N) is 4. The van der Waals surface area contributed by atoms with Gasteiger partial charge in [-0.2, -0.15) is 9.61 Å². The van der Waals surface area contributed by atoms with Gasteiger partial charge in [0.2, 0.25) is 0 Å². The van der Waals surface area contributed by atoms with Gasteiger partial charge in [-0.25, -0.2) is 4.98 Å². The Hall–Kier alpha value is -2.73. The number of likely N-dealkylation sites (N-methyl/N-ethyl adjacent to an activating group) is 1. The van der Waals surface area contributed by atoms with Crippen molar-refractivity contribution in [3.63, 3.8) is 0 Å². The highest BCUT2D eigenvalue weighted by Gasteiger charge is 2.15. The maximum atomic E-state index is 12.8. The predicted octanol–water partition coefficient (Wildman–Crippen LogP) is 3.43. The Morgan fingerprint density at radius 3 is 2.50 bits per heavy atom. The first-order valence-corrected chi connectivity index (χ1v) is 9.60. The second kappa shape index (κ2) is 8.10. The van der Waals surface area contributed by atoms with Gasteiger partial charge in [0, 0.05) is 30.8 Å². The molecule has 0 aliphatic rings. The van der Waals surface area contributed by atoms with Crippen LogP contribution in [-0.4, -0.2) is 52.5 Å². The van der Waals surface area contributed by atoms with Crippen LogP contribution in [0.15, 0.2) is 42.6 Å². The van der Waals surface area contributed by atoms with Crippen molar-refractivity contribution in [1.29, 1.82) is 0 Å². The van der Waals surface area contributed by atoms with Crippen LogP contribution in [0, 0.1) is 0 Å². The number of nitrogens with one attached hydrogen (secondary N) is 1. The lowest BCUT2D eigenvalue weighted by atomic mass is 9.86. The van der Waals surface area contributed by atoms with Gasteiger partial charge in [0.1, 0.15) is 5.82 Å². The van der Waals surface area contributed by atoms with E-state index < -0.39 is 0 Å². The molecule has 0 saturated carbocycles. The van der Waals surface area contributed by atoms with Crippen molar-refractivity contribution in [3.05, 3.63) is 59.4 Å². The molecule has 28 heavy (non-hydrogen) atoms. The molecule has 0 bridgehead atoms. The van der Waals surface area contributed by atoms with Crippen LogP contribution in [-0.2, 0) is 11.8 Å². The van der Waals surface area contributed by atoms with Gasteiger partial charge in [-0.15, -0.1) is 0 Å². The van der Waals surface area contributed by atoms with Gasteiger partial charge in [-0.05, 0) is 25.1 Å². The topological polar surface area (TPSA) is 62.5 Å². The average molecular weight is 380 g/mol. The molecule has 0 fully saturated rings. The van der Waals surface area contributed by atoms with E-state index in [2.05, 4.69) is 41.1 Å². The molecule has 2 aromatic heterocycles. The van der Waals surface area contributed by atoms with E-state index in [0.29, 0.717) is 5.56 Å². The summed E-state index contributed by atoms with van der Waals surface area (Å²) in [7, 11) is 4.07. The molecule has 1 N–H and O–H groups in total. The maximum absolute atomic E-state index is 12.8. The summed E-state index contributed by atoms with van der Waals surface area (Å²) in [5.41, 5.74) is 3.48. The van der Waals surface area contributed by atoms with Gasteiger partial charge in [0.15, 0.2) is 11.4 Å². The van der Waals surface area contributed by atoms with Crippen molar-refractivity contribution >= 4 is 17.2 Å². The Labute approximate surface area is 166 Å². The molecular weight excluding hydrogens is 350 g/mol. The minimum absolute atomic E-state index is 0.0658. The largest absolute Gasteiger partial charge is 0.369 e. The van der Waals surface area contributed by atoms with Crippen molar-refractivity contribution in [2.24, 2.45) is 0 Å². The minimum Gasteiger partial charge on any atom is -0.369 e. The summed E-state index contributed by atoms with van der Waals surface area (Å²) in [5, 5.41) is 7.71. The standard InChI is InChI=1S/C22H29N5O/c1-22(2,3)17-8-6-16(7-9-17)19(28)14-18-15-21(23-12-13-26(4)5)27-20(25-18)10-11-24-27/h6-11,15,23H,12-14H2,1-5H3. The molecule has 0 aliphatic heterocycles. The lowest BCUT2D eigenvalue weighted by Crippen LogP contribution is -2.22. The summed E-state index contributed by atoms with van der Waals surface area (Å²) in [5.74, 6) is 0.916. The molecule has 6 heteroatoms. The molecule has 1 aromatic carbocycles. The number of carbonyl (C=O) groups is 1. The van der Waals surface area contributed by atoms with E-state index >= 15 is 0 Å². The van der Waals surface area contributed by atoms with Crippen molar-refractivity contribution in [2.45, 2.75) is 32.6 Å². The number of hydrogen-bond donors (Lipinski definition) is 1. The first-order chi connectivity index (χ1) is 13.2. The number of aromatic nitrogens is 3. The third-order valence-corrected chi connectivity index (χ3v) is 4.69. The molecular formula is C22H29N5O. The summed E-state index contributed by atoms with van der Waals surface area (Å²) in [4.78, 5) is 19.5. The summed E-state index contributed by atoms with van der Waals surface area (Å²) in [6.45, 7) is 8.19. The van der Waals surface area contributed by atoms with E-state index in [1.807, 2.05) is 50.5 Å². The molecule has 0 radical (unpaired) electrons. The molecule has 148 valence electrons. The van der Waals surface area contributed by atoms with E-state index in [-0.39, 0.29) is 17.6 Å². The van der Waals surface area contributed by atoms with E-state index in [4.69, 9.17) is 0 Å². The number of rotatable bonds is 7. The number of ketones is 1. The zero-order valence-electron chi connectivity index (χ0n) is 17.4.